The van der Waals surface area contributed by atoms with Crippen LogP contribution in [-0.4, -0.2) is 4.57 Å². The molecule has 1 unspecified atom stereocenters. The molecule has 0 saturated carbocycles. The Morgan fingerprint density at radius 3 is 1.52 bits per heavy atom. The zero-order valence-electron chi connectivity index (χ0n) is 35.3. The number of fused-ring (bicyclic) bond motifs is 9. The summed E-state index contributed by atoms with van der Waals surface area (Å²) in [5.41, 5.74) is 24.7. The van der Waals surface area contributed by atoms with E-state index in [0.717, 1.165) is 12.1 Å². The first-order chi connectivity index (χ1) is 31.7. The molecule has 0 bridgehead atoms. The van der Waals surface area contributed by atoms with Gasteiger partial charge in [-0.1, -0.05) is 200 Å². The topological polar surface area (TPSA) is 4.93 Å². The molecule has 0 fully saturated rings. The van der Waals surface area contributed by atoms with Crippen molar-refractivity contribution in [2.45, 2.75) is 18.3 Å². The lowest BCUT2D eigenvalue weighted by Gasteiger charge is -2.15. The summed E-state index contributed by atoms with van der Waals surface area (Å²) in [5.74, 6) is 0.577. The summed E-state index contributed by atoms with van der Waals surface area (Å²) < 4.78 is 2.42. The lowest BCUT2D eigenvalue weighted by atomic mass is 9.88. The predicted molar refractivity (Wildman–Crippen MR) is 267 cm³/mol. The maximum atomic E-state index is 2.42. The third kappa shape index (κ3) is 5.93. The largest absolute Gasteiger partial charge is 0.309 e. The van der Waals surface area contributed by atoms with E-state index in [2.05, 4.69) is 241 Å². The van der Waals surface area contributed by atoms with Gasteiger partial charge in [-0.15, -0.1) is 0 Å². The minimum atomic E-state index is 0.250. The Balaban J connectivity index is 0.800. The van der Waals surface area contributed by atoms with Gasteiger partial charge < -0.3 is 4.57 Å². The highest BCUT2D eigenvalue weighted by Crippen LogP contribution is 2.49. The summed E-state index contributed by atoms with van der Waals surface area (Å²) in [4.78, 5) is 0. The summed E-state index contributed by atoms with van der Waals surface area (Å²) in [5, 5.41) is 2.53. The molecule has 0 N–H and O–H groups in total. The van der Waals surface area contributed by atoms with E-state index in [1.807, 2.05) is 0 Å². The molecule has 1 nitrogen and oxygen atoms in total. The molecule has 0 spiro atoms. The highest BCUT2D eigenvalue weighted by atomic mass is 15.0. The molecule has 2 aliphatic carbocycles. The quantitative estimate of drug-likeness (QED) is 0.151. The Hall–Kier alpha value is -8.00. The molecule has 0 amide bonds. The van der Waals surface area contributed by atoms with Crippen molar-refractivity contribution >= 4 is 21.8 Å². The van der Waals surface area contributed by atoms with E-state index in [1.54, 1.807) is 0 Å². The maximum Gasteiger partial charge on any atom is 0.0541 e. The average Bonchev–Trinajstić information content (AvgIpc) is 4.00. The zero-order chi connectivity index (χ0) is 42.1. The molecule has 2 aliphatic rings. The van der Waals surface area contributed by atoms with Gasteiger partial charge in [-0.2, -0.15) is 0 Å². The molecular formula is C63H43N. The lowest BCUT2D eigenvalue weighted by molar-refractivity contribution is 0.827. The fraction of sp³-hybridized carbons (Fsp3) is 0.0476. The van der Waals surface area contributed by atoms with Crippen LogP contribution >= 0.6 is 0 Å². The van der Waals surface area contributed by atoms with Gasteiger partial charge in [0.2, 0.25) is 0 Å². The summed E-state index contributed by atoms with van der Waals surface area (Å²) in [6.07, 6.45) is 0.977. The third-order valence-electron chi connectivity index (χ3n) is 14.1. The minimum Gasteiger partial charge on any atom is -0.309 e. The van der Waals surface area contributed by atoms with Crippen LogP contribution in [0, 0.1) is 0 Å². The first kappa shape index (κ1) is 36.6. The van der Waals surface area contributed by atoms with E-state index in [0.29, 0.717) is 5.92 Å². The Labute approximate surface area is 374 Å². The van der Waals surface area contributed by atoms with Crippen LogP contribution in [0.25, 0.3) is 83.1 Å². The third-order valence-corrected chi connectivity index (χ3v) is 14.1. The standard InChI is InChI=1S/C63H43N/c1-2-12-42(13-3-1)43-24-22-41(23-25-43)38-58-52-16-4-5-17-53(52)59-39-47(32-36-54(58)59)45-30-34-49(35-31-45)64-61-21-11-10-18-55(61)60-40-48(33-37-62(60)64)44-26-28-46(29-27-44)63-56-19-8-6-14-50(56)51-15-7-9-20-57(51)63/h1-37,39-40,58,63H,38H2. The van der Waals surface area contributed by atoms with Gasteiger partial charge >= 0.3 is 0 Å². The van der Waals surface area contributed by atoms with Gasteiger partial charge in [0.05, 0.1) is 11.0 Å². The number of benzene rings is 10. The first-order valence-corrected chi connectivity index (χ1v) is 22.5. The molecule has 1 atom stereocenters. The SMILES string of the molecule is c1ccc(-c2ccc(CC3c4ccccc4-c4cc(-c5ccc(-n6c7ccccc7c7cc(-c8ccc(C9c%10ccccc%10-c%10ccccc%109)cc8)ccc76)cc5)ccc43)cc2)cc1. The van der Waals surface area contributed by atoms with Crippen LogP contribution in [0.15, 0.2) is 237 Å². The van der Waals surface area contributed by atoms with Crippen LogP contribution in [0.1, 0.15) is 45.2 Å². The first-order valence-electron chi connectivity index (χ1n) is 22.5. The second-order valence-electron chi connectivity index (χ2n) is 17.6. The van der Waals surface area contributed by atoms with Crippen LogP contribution in [0.3, 0.4) is 0 Å². The van der Waals surface area contributed by atoms with E-state index in [9.17, 15) is 0 Å². The van der Waals surface area contributed by atoms with Gasteiger partial charge in [-0.25, -0.2) is 0 Å². The smallest absolute Gasteiger partial charge is 0.0541 e. The van der Waals surface area contributed by atoms with Gasteiger partial charge in [-0.3, -0.25) is 0 Å². The van der Waals surface area contributed by atoms with Crippen molar-refractivity contribution < 1.29 is 0 Å². The maximum absolute atomic E-state index is 2.42. The summed E-state index contributed by atoms with van der Waals surface area (Å²) in [7, 11) is 0. The molecule has 0 radical (unpaired) electrons. The van der Waals surface area contributed by atoms with Crippen molar-refractivity contribution in [3.8, 4) is 61.3 Å². The van der Waals surface area contributed by atoms with Crippen LogP contribution in [0.5, 0.6) is 0 Å². The van der Waals surface area contributed by atoms with Crippen molar-refractivity contribution in [1.82, 2.24) is 4.57 Å². The number of hydrogen-bond acceptors (Lipinski definition) is 0. The highest BCUT2D eigenvalue weighted by Gasteiger charge is 2.30. The molecule has 300 valence electrons. The van der Waals surface area contributed by atoms with E-state index >= 15 is 0 Å². The molecule has 13 rings (SSSR count). The van der Waals surface area contributed by atoms with Crippen molar-refractivity contribution in [3.05, 3.63) is 270 Å². The number of nitrogens with zero attached hydrogens (tertiary/aromatic N) is 1. The fourth-order valence-electron chi connectivity index (χ4n) is 11.0. The Bertz CT molecular complexity index is 3510. The number of para-hydroxylation sites is 1. The van der Waals surface area contributed by atoms with Crippen LogP contribution in [0.2, 0.25) is 0 Å². The monoisotopic (exact) mass is 813 g/mol. The van der Waals surface area contributed by atoms with Crippen LogP contribution < -0.4 is 0 Å². The van der Waals surface area contributed by atoms with E-state index < -0.39 is 0 Å². The Kier molecular flexibility index (Phi) is 8.49. The van der Waals surface area contributed by atoms with Gasteiger partial charge in [0.1, 0.15) is 0 Å². The molecular weight excluding hydrogens is 771 g/mol. The van der Waals surface area contributed by atoms with Gasteiger partial charge in [-0.05, 0) is 132 Å². The summed E-state index contributed by atoms with van der Waals surface area (Å²) >= 11 is 0. The van der Waals surface area contributed by atoms with Crippen molar-refractivity contribution in [2.24, 2.45) is 0 Å². The van der Waals surface area contributed by atoms with E-state index in [-0.39, 0.29) is 5.92 Å². The molecule has 0 saturated heterocycles. The zero-order valence-corrected chi connectivity index (χ0v) is 35.3. The Morgan fingerprint density at radius 2 is 0.797 bits per heavy atom. The molecule has 10 aromatic carbocycles. The van der Waals surface area contributed by atoms with E-state index in [1.165, 1.54) is 111 Å². The number of hydrogen-bond donors (Lipinski definition) is 0. The van der Waals surface area contributed by atoms with Crippen LogP contribution in [0.4, 0.5) is 0 Å². The molecule has 1 aromatic heterocycles. The lowest BCUT2D eigenvalue weighted by Crippen LogP contribution is -2.01. The van der Waals surface area contributed by atoms with Crippen molar-refractivity contribution in [3.63, 3.8) is 0 Å². The predicted octanol–water partition coefficient (Wildman–Crippen LogP) is 16.3. The minimum absolute atomic E-state index is 0.250. The molecule has 11 aromatic rings. The van der Waals surface area contributed by atoms with Gasteiger partial charge in [0.15, 0.2) is 0 Å². The number of rotatable bonds is 7. The second kappa shape index (κ2) is 14.8. The van der Waals surface area contributed by atoms with Gasteiger partial charge in [0.25, 0.3) is 0 Å². The summed E-state index contributed by atoms with van der Waals surface area (Å²) in [6, 6.07) is 87.9. The highest BCUT2D eigenvalue weighted by molar-refractivity contribution is 6.10. The van der Waals surface area contributed by atoms with Gasteiger partial charge in [0, 0.05) is 28.3 Å². The van der Waals surface area contributed by atoms with Crippen molar-refractivity contribution in [2.75, 3.05) is 0 Å². The summed E-state index contributed by atoms with van der Waals surface area (Å²) in [6.45, 7) is 0. The number of aromatic nitrogens is 1. The molecule has 1 heteroatoms. The van der Waals surface area contributed by atoms with Crippen LogP contribution in [-0.2, 0) is 6.42 Å². The Morgan fingerprint density at radius 1 is 0.312 bits per heavy atom. The average molecular weight is 814 g/mol. The second-order valence-corrected chi connectivity index (χ2v) is 17.6. The normalized spacial score (nSPS) is 13.8. The fourth-order valence-corrected chi connectivity index (χ4v) is 11.0. The molecule has 64 heavy (non-hydrogen) atoms. The van der Waals surface area contributed by atoms with Crippen molar-refractivity contribution in [1.29, 1.82) is 0 Å². The molecule has 0 aliphatic heterocycles. The molecule has 1 heterocycles. The van der Waals surface area contributed by atoms with E-state index in [4.69, 9.17) is 0 Å².